The zero-order valence-corrected chi connectivity index (χ0v) is 19.5. The van der Waals surface area contributed by atoms with Gasteiger partial charge in [0.25, 0.3) is 5.91 Å². The number of hydrogen-bond donors (Lipinski definition) is 0. The van der Waals surface area contributed by atoms with Gasteiger partial charge >= 0.3 is 0 Å². The number of sulfonamides is 1. The van der Waals surface area contributed by atoms with Crippen molar-refractivity contribution in [2.24, 2.45) is 0 Å². The molecular formula is C22H25FN2O6S2. The van der Waals surface area contributed by atoms with Crippen LogP contribution in [-0.4, -0.2) is 74.9 Å². The normalized spacial score (nSPS) is 21.1. The van der Waals surface area contributed by atoms with E-state index in [1.54, 1.807) is 41.3 Å². The second-order valence-corrected chi connectivity index (χ2v) is 12.6. The Morgan fingerprint density at radius 2 is 1.70 bits per heavy atom. The van der Waals surface area contributed by atoms with E-state index in [-0.39, 0.29) is 62.4 Å². The molecule has 2 heterocycles. The van der Waals surface area contributed by atoms with E-state index in [0.29, 0.717) is 11.3 Å². The summed E-state index contributed by atoms with van der Waals surface area (Å²) < 4.78 is 69.2. The highest BCUT2D eigenvalue weighted by molar-refractivity contribution is 7.95. The van der Waals surface area contributed by atoms with Gasteiger partial charge in [-0.2, -0.15) is 4.31 Å². The number of carbonyl (C=O) groups excluding carboxylic acids is 1. The Morgan fingerprint density at radius 1 is 1.03 bits per heavy atom. The van der Waals surface area contributed by atoms with Crippen LogP contribution in [0.5, 0.6) is 5.75 Å². The van der Waals surface area contributed by atoms with E-state index in [4.69, 9.17) is 4.74 Å². The molecule has 0 aliphatic carbocycles. The van der Waals surface area contributed by atoms with E-state index in [9.17, 15) is 26.0 Å². The van der Waals surface area contributed by atoms with Crippen LogP contribution in [0.4, 0.5) is 4.39 Å². The van der Waals surface area contributed by atoms with Gasteiger partial charge in [0, 0.05) is 26.2 Å². The number of carbonyl (C=O) groups is 1. The quantitative estimate of drug-likeness (QED) is 0.603. The lowest BCUT2D eigenvalue weighted by molar-refractivity contribution is 0.0692. The number of ether oxygens (including phenoxy) is 1. The zero-order valence-electron chi connectivity index (χ0n) is 17.9. The summed E-state index contributed by atoms with van der Waals surface area (Å²) in [6.07, 6.45) is 0.114. The van der Waals surface area contributed by atoms with Crippen LogP contribution in [0.1, 0.15) is 22.3 Å². The molecule has 1 atom stereocenters. The Hall–Kier alpha value is -2.50. The van der Waals surface area contributed by atoms with Crippen molar-refractivity contribution in [1.82, 2.24) is 9.21 Å². The predicted octanol–water partition coefficient (Wildman–Crippen LogP) is 1.68. The van der Waals surface area contributed by atoms with Crippen LogP contribution in [0.15, 0.2) is 48.5 Å². The number of halogens is 1. The van der Waals surface area contributed by atoms with Crippen LogP contribution in [0.2, 0.25) is 0 Å². The molecule has 11 heteroatoms. The molecule has 1 unspecified atom stereocenters. The standard InChI is InChI=1S/C22H25FN2O6S2/c23-18-7-5-17(6-8-18)15-31-21-4-2-1-3-20(21)22(26)24-10-12-25(13-11-24)33(29,30)19-9-14-32(27,28)16-19/h1-8,19H,9-16H2. The molecule has 1 amide bonds. The minimum Gasteiger partial charge on any atom is -0.488 e. The molecule has 2 saturated heterocycles. The van der Waals surface area contributed by atoms with Crippen molar-refractivity contribution in [2.45, 2.75) is 18.3 Å². The molecule has 2 aliphatic rings. The maximum atomic E-state index is 13.1. The number of benzene rings is 2. The summed E-state index contributed by atoms with van der Waals surface area (Å²) in [5.74, 6) is -0.676. The molecule has 33 heavy (non-hydrogen) atoms. The highest BCUT2D eigenvalue weighted by atomic mass is 32.2. The van der Waals surface area contributed by atoms with E-state index in [2.05, 4.69) is 0 Å². The highest BCUT2D eigenvalue weighted by Gasteiger charge is 2.41. The average molecular weight is 497 g/mol. The lowest BCUT2D eigenvalue weighted by atomic mass is 10.1. The summed E-state index contributed by atoms with van der Waals surface area (Å²) in [5.41, 5.74) is 1.12. The third-order valence-corrected chi connectivity index (χ3v) is 10.2. The highest BCUT2D eigenvalue weighted by Crippen LogP contribution is 2.25. The van der Waals surface area contributed by atoms with Gasteiger partial charge in [-0.25, -0.2) is 21.2 Å². The molecule has 0 N–H and O–H groups in total. The van der Waals surface area contributed by atoms with Gasteiger partial charge < -0.3 is 9.64 Å². The van der Waals surface area contributed by atoms with Crippen molar-refractivity contribution in [3.8, 4) is 5.75 Å². The van der Waals surface area contributed by atoms with Crippen molar-refractivity contribution in [1.29, 1.82) is 0 Å². The molecule has 2 aromatic rings. The first-order valence-electron chi connectivity index (χ1n) is 10.6. The number of hydrogen-bond acceptors (Lipinski definition) is 6. The average Bonchev–Trinajstić information content (AvgIpc) is 3.19. The molecule has 0 spiro atoms. The lowest BCUT2D eigenvalue weighted by Crippen LogP contribution is -2.52. The number of sulfone groups is 1. The van der Waals surface area contributed by atoms with Gasteiger partial charge in [-0.15, -0.1) is 0 Å². The van der Waals surface area contributed by atoms with Gasteiger partial charge in [-0.05, 0) is 36.2 Å². The van der Waals surface area contributed by atoms with Gasteiger partial charge in [0.1, 0.15) is 18.2 Å². The summed E-state index contributed by atoms with van der Waals surface area (Å²) >= 11 is 0. The van der Waals surface area contributed by atoms with Crippen molar-refractivity contribution in [3.05, 3.63) is 65.5 Å². The molecule has 2 fully saturated rings. The molecule has 0 saturated carbocycles. The largest absolute Gasteiger partial charge is 0.488 e. The van der Waals surface area contributed by atoms with Crippen LogP contribution in [0.25, 0.3) is 0 Å². The molecular weight excluding hydrogens is 471 g/mol. The second-order valence-electron chi connectivity index (χ2n) is 8.17. The maximum Gasteiger partial charge on any atom is 0.257 e. The fourth-order valence-corrected chi connectivity index (χ4v) is 8.55. The molecule has 0 radical (unpaired) electrons. The summed E-state index contributed by atoms with van der Waals surface area (Å²) in [7, 11) is -7.05. The van der Waals surface area contributed by atoms with E-state index >= 15 is 0 Å². The van der Waals surface area contributed by atoms with Gasteiger partial charge in [0.15, 0.2) is 9.84 Å². The second kappa shape index (κ2) is 9.40. The van der Waals surface area contributed by atoms with Gasteiger partial charge in [0.05, 0.1) is 22.3 Å². The Kier molecular flexibility index (Phi) is 6.73. The van der Waals surface area contributed by atoms with Crippen molar-refractivity contribution < 1.29 is 30.8 Å². The van der Waals surface area contributed by atoms with E-state index in [0.717, 1.165) is 5.56 Å². The Balaban J connectivity index is 1.39. The van der Waals surface area contributed by atoms with Gasteiger partial charge in [0.2, 0.25) is 10.0 Å². The van der Waals surface area contributed by atoms with Crippen molar-refractivity contribution in [2.75, 3.05) is 37.7 Å². The zero-order chi connectivity index (χ0) is 23.6. The molecule has 2 aromatic carbocycles. The van der Waals surface area contributed by atoms with Crippen molar-refractivity contribution >= 4 is 25.8 Å². The summed E-state index contributed by atoms with van der Waals surface area (Å²) in [6.45, 7) is 0.793. The molecule has 0 aromatic heterocycles. The number of piperazine rings is 1. The molecule has 0 bridgehead atoms. The first kappa shape index (κ1) is 23.7. The lowest BCUT2D eigenvalue weighted by Gasteiger charge is -2.35. The van der Waals surface area contributed by atoms with Crippen molar-refractivity contribution in [3.63, 3.8) is 0 Å². The number of nitrogens with zero attached hydrogens (tertiary/aromatic N) is 2. The van der Waals surface area contributed by atoms with Gasteiger partial charge in [-0.1, -0.05) is 24.3 Å². The smallest absolute Gasteiger partial charge is 0.257 e. The third-order valence-electron chi connectivity index (χ3n) is 5.92. The topological polar surface area (TPSA) is 101 Å². The fourth-order valence-electron chi connectivity index (χ4n) is 4.03. The molecule has 2 aliphatic heterocycles. The van der Waals surface area contributed by atoms with Crippen LogP contribution in [0, 0.1) is 5.82 Å². The monoisotopic (exact) mass is 496 g/mol. The Bertz CT molecular complexity index is 1220. The SMILES string of the molecule is O=C(c1ccccc1OCc1ccc(F)cc1)N1CCN(S(=O)(=O)C2CCS(=O)(=O)C2)CC1. The summed E-state index contributed by atoms with van der Waals surface area (Å²) in [5, 5.41) is -0.912. The van der Waals surface area contributed by atoms with E-state index in [1.165, 1.54) is 16.4 Å². The number of para-hydroxylation sites is 1. The van der Waals surface area contributed by atoms with E-state index in [1.807, 2.05) is 0 Å². The van der Waals surface area contributed by atoms with Crippen LogP contribution >= 0.6 is 0 Å². The maximum absolute atomic E-state index is 13.1. The number of amides is 1. The summed E-state index contributed by atoms with van der Waals surface area (Å²) in [6, 6.07) is 12.7. The third kappa shape index (κ3) is 5.36. The predicted molar refractivity (Wildman–Crippen MR) is 121 cm³/mol. The molecule has 178 valence electrons. The van der Waals surface area contributed by atoms with Gasteiger partial charge in [-0.3, -0.25) is 4.79 Å². The first-order chi connectivity index (χ1) is 15.7. The van der Waals surface area contributed by atoms with E-state index < -0.39 is 25.1 Å². The van der Waals surface area contributed by atoms with Crippen LogP contribution < -0.4 is 4.74 Å². The fraction of sp³-hybridized carbons (Fsp3) is 0.409. The van der Waals surface area contributed by atoms with Crippen LogP contribution in [-0.2, 0) is 26.5 Å². The van der Waals surface area contributed by atoms with Crippen LogP contribution in [0.3, 0.4) is 0 Å². The molecule has 4 rings (SSSR count). The number of rotatable bonds is 6. The Morgan fingerprint density at radius 3 is 2.33 bits per heavy atom. The Labute approximate surface area is 192 Å². The minimum absolute atomic E-state index is 0.107. The first-order valence-corrected chi connectivity index (χ1v) is 13.9. The summed E-state index contributed by atoms with van der Waals surface area (Å²) in [4.78, 5) is 14.7. The minimum atomic E-state index is -3.73. The molecule has 8 nitrogen and oxygen atoms in total.